The van der Waals surface area contributed by atoms with Crippen LogP contribution in [0.5, 0.6) is 11.5 Å². The van der Waals surface area contributed by atoms with Gasteiger partial charge in [0.05, 0.1) is 13.0 Å². The third-order valence-electron chi connectivity index (χ3n) is 4.48. The van der Waals surface area contributed by atoms with Crippen LogP contribution in [0.2, 0.25) is 0 Å². The fourth-order valence-corrected chi connectivity index (χ4v) is 4.19. The number of hydrogen-bond donors (Lipinski definition) is 2. The van der Waals surface area contributed by atoms with Crippen LogP contribution in [-0.4, -0.2) is 42.3 Å². The van der Waals surface area contributed by atoms with Crippen molar-refractivity contribution in [3.63, 3.8) is 0 Å². The number of methoxy groups -OCH3 is 1. The van der Waals surface area contributed by atoms with Crippen LogP contribution in [0.25, 0.3) is 0 Å². The number of nitrogens with one attached hydrogen (secondary N) is 1. The topological polar surface area (TPSA) is 67.8 Å². The Balaban J connectivity index is 1.70. The zero-order valence-electron chi connectivity index (χ0n) is 13.3. The third kappa shape index (κ3) is 3.93. The highest BCUT2D eigenvalue weighted by Crippen LogP contribution is 2.35. The number of carbonyl (C=O) groups is 1. The Hall–Kier alpha value is -1.40. The van der Waals surface area contributed by atoms with Crippen molar-refractivity contribution in [3.05, 3.63) is 23.8 Å². The van der Waals surface area contributed by atoms with Crippen molar-refractivity contribution in [3.8, 4) is 11.5 Å². The van der Waals surface area contributed by atoms with Crippen LogP contribution in [0.4, 0.5) is 0 Å². The Morgan fingerprint density at radius 2 is 2.26 bits per heavy atom. The molecule has 6 heteroatoms. The molecule has 0 radical (unpaired) electrons. The molecular formula is C17H23NO4S. The molecule has 2 aliphatic heterocycles. The van der Waals surface area contributed by atoms with Gasteiger partial charge in [-0.05, 0) is 42.7 Å². The molecule has 2 fully saturated rings. The number of hydrogen-bond acceptors (Lipinski definition) is 5. The molecule has 0 saturated carbocycles. The lowest BCUT2D eigenvalue weighted by atomic mass is 10.00. The van der Waals surface area contributed by atoms with Crippen LogP contribution >= 0.6 is 11.8 Å². The second-order valence-corrected chi connectivity index (χ2v) is 7.25. The van der Waals surface area contributed by atoms with Crippen LogP contribution < -0.4 is 14.8 Å². The van der Waals surface area contributed by atoms with Gasteiger partial charge in [0.2, 0.25) is 0 Å². The number of thioether (sulfide) groups is 1. The standard InChI is InChI=1S/C17H23NO4S/c1-21-16-8-11(14-7-12(9-18-14)17(19)20)4-5-15(16)22-13-3-2-6-23-10-13/h4-5,8,12-14,18H,2-3,6-7,9-10H2,1H3,(H,19,20). The Morgan fingerprint density at radius 3 is 2.91 bits per heavy atom. The zero-order valence-corrected chi connectivity index (χ0v) is 14.1. The Kier molecular flexibility index (Phi) is 5.33. The number of aliphatic carboxylic acids is 1. The minimum absolute atomic E-state index is 0.0595. The monoisotopic (exact) mass is 337 g/mol. The van der Waals surface area contributed by atoms with E-state index >= 15 is 0 Å². The molecule has 2 aliphatic rings. The molecule has 2 saturated heterocycles. The minimum atomic E-state index is -0.735. The second-order valence-electron chi connectivity index (χ2n) is 6.10. The van der Waals surface area contributed by atoms with Crippen LogP contribution in [0.3, 0.4) is 0 Å². The number of benzene rings is 1. The van der Waals surface area contributed by atoms with E-state index in [1.807, 2.05) is 30.0 Å². The summed E-state index contributed by atoms with van der Waals surface area (Å²) in [5.74, 6) is 2.68. The second kappa shape index (κ2) is 7.45. The molecule has 0 spiro atoms. The predicted molar refractivity (Wildman–Crippen MR) is 90.5 cm³/mol. The fraction of sp³-hybridized carbons (Fsp3) is 0.588. The first-order chi connectivity index (χ1) is 11.2. The molecule has 3 rings (SSSR count). The maximum absolute atomic E-state index is 11.1. The van der Waals surface area contributed by atoms with Gasteiger partial charge in [-0.25, -0.2) is 0 Å². The van der Waals surface area contributed by atoms with Gasteiger partial charge in [0.25, 0.3) is 0 Å². The largest absolute Gasteiger partial charge is 0.493 e. The first-order valence-electron chi connectivity index (χ1n) is 8.06. The van der Waals surface area contributed by atoms with E-state index < -0.39 is 5.97 Å². The molecule has 0 aliphatic carbocycles. The quantitative estimate of drug-likeness (QED) is 0.861. The summed E-state index contributed by atoms with van der Waals surface area (Å²) in [5.41, 5.74) is 1.05. The highest BCUT2D eigenvalue weighted by molar-refractivity contribution is 7.99. The van der Waals surface area contributed by atoms with E-state index in [0.717, 1.165) is 29.2 Å². The summed E-state index contributed by atoms with van der Waals surface area (Å²) in [7, 11) is 1.64. The molecule has 3 atom stereocenters. The highest BCUT2D eigenvalue weighted by Gasteiger charge is 2.30. The Labute approximate surface area is 140 Å². The molecule has 2 heterocycles. The Bertz CT molecular complexity index is 560. The Morgan fingerprint density at radius 1 is 1.39 bits per heavy atom. The summed E-state index contributed by atoms with van der Waals surface area (Å²) in [4.78, 5) is 11.1. The van der Waals surface area contributed by atoms with E-state index in [4.69, 9.17) is 14.6 Å². The molecule has 0 aromatic heterocycles. The van der Waals surface area contributed by atoms with Crippen molar-refractivity contribution >= 4 is 17.7 Å². The summed E-state index contributed by atoms with van der Waals surface area (Å²) in [6.07, 6.45) is 3.13. The fourth-order valence-electron chi connectivity index (χ4n) is 3.16. The van der Waals surface area contributed by atoms with Gasteiger partial charge < -0.3 is 19.9 Å². The predicted octanol–water partition coefficient (Wildman–Crippen LogP) is 2.70. The number of carboxylic acid groups (broad SMARTS) is 1. The minimum Gasteiger partial charge on any atom is -0.493 e. The molecule has 0 amide bonds. The van der Waals surface area contributed by atoms with Crippen LogP contribution in [0.1, 0.15) is 30.9 Å². The van der Waals surface area contributed by atoms with E-state index in [1.54, 1.807) is 7.11 Å². The molecule has 3 unspecified atom stereocenters. The van der Waals surface area contributed by atoms with E-state index in [0.29, 0.717) is 13.0 Å². The van der Waals surface area contributed by atoms with Gasteiger partial charge in [-0.2, -0.15) is 11.8 Å². The summed E-state index contributed by atoms with van der Waals surface area (Å²) in [6, 6.07) is 5.98. The summed E-state index contributed by atoms with van der Waals surface area (Å²) >= 11 is 1.93. The van der Waals surface area contributed by atoms with E-state index in [1.165, 1.54) is 12.2 Å². The van der Waals surface area contributed by atoms with Gasteiger partial charge in [-0.3, -0.25) is 4.79 Å². The smallest absolute Gasteiger partial charge is 0.307 e. The third-order valence-corrected chi connectivity index (χ3v) is 5.67. The molecule has 126 valence electrons. The maximum Gasteiger partial charge on any atom is 0.307 e. The average Bonchev–Trinajstić information content (AvgIpc) is 3.06. The molecule has 23 heavy (non-hydrogen) atoms. The number of rotatable bonds is 5. The van der Waals surface area contributed by atoms with Crippen LogP contribution in [0.15, 0.2) is 18.2 Å². The molecule has 1 aromatic rings. The van der Waals surface area contributed by atoms with Gasteiger partial charge in [-0.15, -0.1) is 0 Å². The lowest BCUT2D eigenvalue weighted by Gasteiger charge is -2.24. The first kappa shape index (κ1) is 16.5. The molecule has 1 aromatic carbocycles. The van der Waals surface area contributed by atoms with Gasteiger partial charge in [0, 0.05) is 18.3 Å². The van der Waals surface area contributed by atoms with Crippen molar-refractivity contribution in [1.29, 1.82) is 0 Å². The van der Waals surface area contributed by atoms with Gasteiger partial charge in [-0.1, -0.05) is 6.07 Å². The molecule has 0 bridgehead atoms. The van der Waals surface area contributed by atoms with Crippen molar-refractivity contribution in [2.75, 3.05) is 25.2 Å². The van der Waals surface area contributed by atoms with Crippen molar-refractivity contribution in [2.45, 2.75) is 31.4 Å². The zero-order chi connectivity index (χ0) is 16.2. The maximum atomic E-state index is 11.1. The number of carboxylic acids is 1. The summed E-state index contributed by atoms with van der Waals surface area (Å²) < 4.78 is 11.6. The van der Waals surface area contributed by atoms with Crippen molar-refractivity contribution in [1.82, 2.24) is 5.32 Å². The highest BCUT2D eigenvalue weighted by atomic mass is 32.2. The molecule has 5 nitrogen and oxygen atoms in total. The first-order valence-corrected chi connectivity index (χ1v) is 9.21. The van der Waals surface area contributed by atoms with Crippen LogP contribution in [0, 0.1) is 5.92 Å². The average molecular weight is 337 g/mol. The lowest BCUT2D eigenvalue weighted by molar-refractivity contribution is -0.141. The molecular weight excluding hydrogens is 314 g/mol. The van der Waals surface area contributed by atoms with Crippen molar-refractivity contribution in [2.24, 2.45) is 5.92 Å². The van der Waals surface area contributed by atoms with Gasteiger partial charge in [0.1, 0.15) is 6.10 Å². The van der Waals surface area contributed by atoms with E-state index in [-0.39, 0.29) is 18.1 Å². The normalized spacial score (nSPS) is 27.6. The van der Waals surface area contributed by atoms with E-state index in [9.17, 15) is 4.79 Å². The van der Waals surface area contributed by atoms with Crippen molar-refractivity contribution < 1.29 is 19.4 Å². The van der Waals surface area contributed by atoms with Crippen LogP contribution in [-0.2, 0) is 4.79 Å². The summed E-state index contributed by atoms with van der Waals surface area (Å²) in [6.45, 7) is 0.514. The lowest BCUT2D eigenvalue weighted by Crippen LogP contribution is -2.23. The van der Waals surface area contributed by atoms with Gasteiger partial charge in [0.15, 0.2) is 11.5 Å². The van der Waals surface area contributed by atoms with E-state index in [2.05, 4.69) is 5.32 Å². The SMILES string of the molecule is COc1cc(C2CC(C(=O)O)CN2)ccc1OC1CCCSC1. The summed E-state index contributed by atoms with van der Waals surface area (Å²) in [5, 5.41) is 12.4. The molecule has 2 N–H and O–H groups in total. The van der Waals surface area contributed by atoms with Gasteiger partial charge >= 0.3 is 5.97 Å². The number of ether oxygens (including phenoxy) is 2.